The van der Waals surface area contributed by atoms with Gasteiger partial charge in [0.25, 0.3) is 0 Å². The molecule has 0 saturated heterocycles. The van der Waals surface area contributed by atoms with Crippen molar-refractivity contribution in [2.24, 2.45) is 0 Å². The van der Waals surface area contributed by atoms with Gasteiger partial charge in [0.15, 0.2) is 0 Å². The second-order valence-electron chi connectivity index (χ2n) is 2.98. The highest BCUT2D eigenvalue weighted by Gasteiger charge is 2.00. The fourth-order valence-corrected chi connectivity index (χ4v) is 1.06. The molecule has 0 spiro atoms. The Morgan fingerprint density at radius 3 is 2.36 bits per heavy atom. The second-order valence-corrected chi connectivity index (χ2v) is 2.98. The number of nitrogen functional groups attached to an aromatic ring is 1. The van der Waals surface area contributed by atoms with Gasteiger partial charge in [-0.2, -0.15) is 0 Å². The van der Waals surface area contributed by atoms with E-state index in [0.29, 0.717) is 5.92 Å². The number of benzene rings is 1. The highest BCUT2D eigenvalue weighted by molar-refractivity contribution is 5.40. The van der Waals surface area contributed by atoms with Crippen LogP contribution in [0.25, 0.3) is 0 Å². The van der Waals surface area contributed by atoms with Crippen molar-refractivity contribution in [3.05, 3.63) is 29.8 Å². The first-order valence-electron chi connectivity index (χ1n) is 4.09. The quantitative estimate of drug-likeness (QED) is 0.646. The van der Waals surface area contributed by atoms with Crippen LogP contribution in [0.15, 0.2) is 24.3 Å². The third-order valence-electron chi connectivity index (χ3n) is 2.12. The van der Waals surface area contributed by atoms with Crippen LogP contribution in [-0.4, -0.2) is 0 Å². The van der Waals surface area contributed by atoms with Crippen molar-refractivity contribution in [3.8, 4) is 0 Å². The first-order chi connectivity index (χ1) is 5.24. The van der Waals surface area contributed by atoms with E-state index in [9.17, 15) is 0 Å². The van der Waals surface area contributed by atoms with E-state index in [0.717, 1.165) is 5.69 Å². The van der Waals surface area contributed by atoms with Gasteiger partial charge in [0.2, 0.25) is 0 Å². The second kappa shape index (κ2) is 3.42. The molecule has 1 heteroatoms. The molecule has 2 N–H and O–H groups in total. The molecule has 11 heavy (non-hydrogen) atoms. The molecule has 1 nitrogen and oxygen atoms in total. The van der Waals surface area contributed by atoms with Crippen LogP contribution in [0.4, 0.5) is 5.69 Å². The molecule has 0 aliphatic carbocycles. The monoisotopic (exact) mass is 151 g/mol. The summed E-state index contributed by atoms with van der Waals surface area (Å²) in [7, 11) is 0. The highest BCUT2D eigenvalue weighted by atomic mass is 14.5. The molecule has 0 bridgehead atoms. The molecule has 0 heterocycles. The van der Waals surface area contributed by atoms with E-state index in [1.807, 2.05) is 12.1 Å². The minimum absolute atomic E-state index is 0. The number of hydrogen-bond acceptors (Lipinski definition) is 1. The molecule has 62 valence electrons. The van der Waals surface area contributed by atoms with Crippen LogP contribution in [0.5, 0.6) is 0 Å². The van der Waals surface area contributed by atoms with E-state index in [1.54, 1.807) is 0 Å². The molecular formula is C10H17N. The van der Waals surface area contributed by atoms with Crippen molar-refractivity contribution in [2.45, 2.75) is 26.2 Å². The minimum atomic E-state index is 0. The van der Waals surface area contributed by atoms with Crippen LogP contribution < -0.4 is 5.73 Å². The average Bonchev–Trinajstić information content (AvgIpc) is 2.05. The van der Waals surface area contributed by atoms with Crippen molar-refractivity contribution in [2.75, 3.05) is 5.73 Å². The van der Waals surface area contributed by atoms with Crippen LogP contribution in [-0.2, 0) is 0 Å². The van der Waals surface area contributed by atoms with Crippen LogP contribution >= 0.6 is 0 Å². The fraction of sp³-hybridized carbons (Fsp3) is 0.400. The molecule has 0 amide bonds. The van der Waals surface area contributed by atoms with Gasteiger partial charge in [-0.25, -0.2) is 0 Å². The Labute approximate surface area is 69.7 Å². The van der Waals surface area contributed by atoms with Crippen LogP contribution in [0, 0.1) is 0 Å². The summed E-state index contributed by atoms with van der Waals surface area (Å²) in [5, 5.41) is 0. The number of anilines is 1. The first-order valence-corrected chi connectivity index (χ1v) is 4.09. The molecular weight excluding hydrogens is 134 g/mol. The number of hydrogen-bond donors (Lipinski definition) is 1. The van der Waals surface area contributed by atoms with E-state index in [4.69, 9.17) is 5.73 Å². The van der Waals surface area contributed by atoms with Crippen molar-refractivity contribution >= 4 is 5.69 Å². The smallest absolute Gasteiger partial charge is 0.0314 e. The topological polar surface area (TPSA) is 26.0 Å². The summed E-state index contributed by atoms with van der Waals surface area (Å²) >= 11 is 0. The molecule has 0 aliphatic rings. The first kappa shape index (κ1) is 8.12. The van der Waals surface area contributed by atoms with E-state index in [1.165, 1.54) is 12.0 Å². The molecule has 1 atom stereocenters. The Hall–Kier alpha value is -0.980. The highest BCUT2D eigenvalue weighted by Crippen LogP contribution is 2.18. The molecule has 0 fully saturated rings. The summed E-state index contributed by atoms with van der Waals surface area (Å²) in [6.45, 7) is 4.42. The summed E-state index contributed by atoms with van der Waals surface area (Å²) in [6, 6.07) is 8.12. The maximum atomic E-state index is 5.57. The van der Waals surface area contributed by atoms with Crippen LogP contribution in [0.3, 0.4) is 0 Å². The Bertz CT molecular complexity index is 218. The normalized spacial score (nSPS) is 12.9. The SMILES string of the molecule is CCC(C)c1ccc(N)cc1.[HH]. The lowest BCUT2D eigenvalue weighted by atomic mass is 9.99. The largest absolute Gasteiger partial charge is 0.399 e. The molecule has 1 rings (SSSR count). The van der Waals surface area contributed by atoms with Gasteiger partial charge in [-0.3, -0.25) is 0 Å². The zero-order chi connectivity index (χ0) is 8.27. The summed E-state index contributed by atoms with van der Waals surface area (Å²) in [5.41, 5.74) is 7.79. The predicted octanol–water partition coefficient (Wildman–Crippen LogP) is 3.03. The minimum Gasteiger partial charge on any atom is -0.399 e. The average molecular weight is 151 g/mol. The molecule has 0 saturated carbocycles. The molecule has 0 aromatic heterocycles. The standard InChI is InChI=1S/C10H15N.H2/c1-3-8(2)9-4-6-10(11)7-5-9;/h4-8H,3,11H2,1-2H3;1H. The lowest BCUT2D eigenvalue weighted by molar-refractivity contribution is 0.734. The van der Waals surface area contributed by atoms with Crippen LogP contribution in [0.2, 0.25) is 0 Å². The lowest BCUT2D eigenvalue weighted by Gasteiger charge is -2.07. The molecule has 0 radical (unpaired) electrons. The Morgan fingerprint density at radius 2 is 1.91 bits per heavy atom. The van der Waals surface area contributed by atoms with E-state index in [2.05, 4.69) is 26.0 Å². The third kappa shape index (κ3) is 1.97. The van der Waals surface area contributed by atoms with Gasteiger partial charge in [0, 0.05) is 7.11 Å². The Kier molecular flexibility index (Phi) is 2.53. The van der Waals surface area contributed by atoms with Gasteiger partial charge >= 0.3 is 0 Å². The van der Waals surface area contributed by atoms with Gasteiger partial charge in [-0.15, -0.1) is 0 Å². The van der Waals surface area contributed by atoms with Gasteiger partial charge in [-0.05, 0) is 30.0 Å². The third-order valence-corrected chi connectivity index (χ3v) is 2.12. The zero-order valence-electron chi connectivity index (χ0n) is 7.17. The fourth-order valence-electron chi connectivity index (χ4n) is 1.06. The lowest BCUT2D eigenvalue weighted by Crippen LogP contribution is -1.91. The molecule has 1 aromatic rings. The Balaban J connectivity index is 0.00000121. The van der Waals surface area contributed by atoms with E-state index in [-0.39, 0.29) is 1.43 Å². The summed E-state index contributed by atoms with van der Waals surface area (Å²) < 4.78 is 0. The van der Waals surface area contributed by atoms with Crippen molar-refractivity contribution in [3.63, 3.8) is 0 Å². The van der Waals surface area contributed by atoms with Crippen molar-refractivity contribution in [1.82, 2.24) is 0 Å². The van der Waals surface area contributed by atoms with Crippen molar-refractivity contribution in [1.29, 1.82) is 0 Å². The molecule has 0 aliphatic heterocycles. The van der Waals surface area contributed by atoms with Gasteiger partial charge in [-0.1, -0.05) is 26.0 Å². The summed E-state index contributed by atoms with van der Waals surface area (Å²) in [4.78, 5) is 0. The van der Waals surface area contributed by atoms with Crippen LogP contribution in [0.1, 0.15) is 33.2 Å². The maximum Gasteiger partial charge on any atom is 0.0314 e. The van der Waals surface area contributed by atoms with Gasteiger partial charge < -0.3 is 5.73 Å². The van der Waals surface area contributed by atoms with Gasteiger partial charge in [0.1, 0.15) is 0 Å². The maximum absolute atomic E-state index is 5.57. The summed E-state index contributed by atoms with van der Waals surface area (Å²) in [6.07, 6.45) is 1.18. The number of rotatable bonds is 2. The zero-order valence-corrected chi connectivity index (χ0v) is 7.17. The van der Waals surface area contributed by atoms with E-state index < -0.39 is 0 Å². The molecule has 1 unspecified atom stereocenters. The van der Waals surface area contributed by atoms with E-state index >= 15 is 0 Å². The molecule has 1 aromatic carbocycles. The predicted molar refractivity (Wildman–Crippen MR) is 51.7 cm³/mol. The number of nitrogens with two attached hydrogens (primary N) is 1. The Morgan fingerprint density at radius 1 is 1.36 bits per heavy atom. The van der Waals surface area contributed by atoms with Gasteiger partial charge in [0.05, 0.1) is 0 Å². The summed E-state index contributed by atoms with van der Waals surface area (Å²) in [5.74, 6) is 0.649. The van der Waals surface area contributed by atoms with Crippen molar-refractivity contribution < 1.29 is 1.43 Å².